The van der Waals surface area contributed by atoms with E-state index >= 15 is 0 Å². The van der Waals surface area contributed by atoms with Crippen molar-refractivity contribution in [3.8, 4) is 5.75 Å². The van der Waals surface area contributed by atoms with E-state index in [4.69, 9.17) is 16.2 Å². The van der Waals surface area contributed by atoms with Crippen LogP contribution in [0.25, 0.3) is 11.1 Å². The predicted octanol–water partition coefficient (Wildman–Crippen LogP) is 4.91. The van der Waals surface area contributed by atoms with Crippen LogP contribution in [0.5, 0.6) is 5.75 Å². The smallest absolute Gasteiger partial charge is 0.154 e. The third-order valence-corrected chi connectivity index (χ3v) is 3.49. The molecule has 0 spiro atoms. The van der Waals surface area contributed by atoms with Crippen molar-refractivity contribution in [3.63, 3.8) is 0 Å². The second kappa shape index (κ2) is 4.87. The summed E-state index contributed by atoms with van der Waals surface area (Å²) < 4.78 is 5.01. The largest absolute Gasteiger partial charge is 0.385 e. The quantitative estimate of drug-likeness (QED) is 0.747. The van der Waals surface area contributed by atoms with Gasteiger partial charge in [0.2, 0.25) is 0 Å². The molecular weight excluding hydrogens is 244 g/mol. The molecule has 1 aromatic carbocycles. The van der Waals surface area contributed by atoms with Crippen molar-refractivity contribution < 1.29 is 4.29 Å². The zero-order valence-electron chi connectivity index (χ0n) is 9.90. The van der Waals surface area contributed by atoms with Crippen LogP contribution in [-0.2, 0) is 0 Å². The summed E-state index contributed by atoms with van der Waals surface area (Å²) in [6.45, 7) is 0. The normalized spacial score (nSPS) is 16.9. The fraction of sp³-hybridized carbons (Fsp3) is 0.125. The molecule has 1 nitrogen and oxygen atoms in total. The summed E-state index contributed by atoms with van der Waals surface area (Å²) in [5.74, 6) is 0.733. The van der Waals surface area contributed by atoms with E-state index in [0.29, 0.717) is 0 Å². The Morgan fingerprint density at radius 2 is 1.67 bits per heavy atom. The van der Waals surface area contributed by atoms with E-state index in [9.17, 15) is 0 Å². The molecule has 2 aliphatic carbocycles. The first-order chi connectivity index (χ1) is 8.90. The van der Waals surface area contributed by atoms with Crippen LogP contribution >= 0.6 is 11.9 Å². The first-order valence-corrected chi connectivity index (χ1v) is 6.35. The molecule has 0 N–H and O–H groups in total. The van der Waals surface area contributed by atoms with Gasteiger partial charge in [-0.2, -0.15) is 0 Å². The van der Waals surface area contributed by atoms with Crippen LogP contribution in [0, 0.1) is 0 Å². The molecule has 0 heterocycles. The molecule has 0 fully saturated rings. The first kappa shape index (κ1) is 11.4. The molecule has 0 saturated heterocycles. The highest BCUT2D eigenvalue weighted by molar-refractivity contribution is 6.09. The summed E-state index contributed by atoms with van der Waals surface area (Å²) in [4.78, 5) is 0. The van der Waals surface area contributed by atoms with Crippen molar-refractivity contribution in [2.75, 3.05) is 0 Å². The lowest BCUT2D eigenvalue weighted by Crippen LogP contribution is -1.94. The van der Waals surface area contributed by atoms with Gasteiger partial charge < -0.3 is 4.29 Å². The molecule has 18 heavy (non-hydrogen) atoms. The maximum Gasteiger partial charge on any atom is 0.154 e. The molecule has 3 rings (SSSR count). The Balaban J connectivity index is 2.13. The molecule has 0 bridgehead atoms. The average molecular weight is 257 g/mol. The minimum absolute atomic E-state index is 0.733. The lowest BCUT2D eigenvalue weighted by atomic mass is 9.92. The van der Waals surface area contributed by atoms with E-state index in [0.717, 1.165) is 24.2 Å². The van der Waals surface area contributed by atoms with Crippen LogP contribution < -0.4 is 4.29 Å². The van der Waals surface area contributed by atoms with Crippen molar-refractivity contribution in [2.24, 2.45) is 0 Å². The molecule has 90 valence electrons. The molecule has 0 saturated carbocycles. The van der Waals surface area contributed by atoms with Crippen molar-refractivity contribution in [1.82, 2.24) is 0 Å². The number of hydrogen-bond donors (Lipinski definition) is 0. The number of halogens is 1. The van der Waals surface area contributed by atoms with E-state index in [1.807, 2.05) is 12.1 Å². The van der Waals surface area contributed by atoms with Gasteiger partial charge in [-0.3, -0.25) is 0 Å². The van der Waals surface area contributed by atoms with E-state index in [1.165, 1.54) is 16.7 Å². The lowest BCUT2D eigenvalue weighted by Gasteiger charge is -2.14. The Kier molecular flexibility index (Phi) is 3.07. The highest BCUT2D eigenvalue weighted by Gasteiger charge is 2.17. The van der Waals surface area contributed by atoms with Crippen LogP contribution in [0.3, 0.4) is 0 Å². The zero-order chi connectivity index (χ0) is 12.4. The molecule has 0 atom stereocenters. The summed E-state index contributed by atoms with van der Waals surface area (Å²) in [6.07, 6.45) is 14.7. The SMILES string of the molecule is ClOc1cccc(C2=CC=CC2)c1C1=CC=CC1. The summed E-state index contributed by atoms with van der Waals surface area (Å²) in [5.41, 5.74) is 4.91. The summed E-state index contributed by atoms with van der Waals surface area (Å²) >= 11 is 5.61. The van der Waals surface area contributed by atoms with Gasteiger partial charge in [-0.1, -0.05) is 48.6 Å². The third kappa shape index (κ3) is 1.91. The van der Waals surface area contributed by atoms with E-state index in [2.05, 4.69) is 42.5 Å². The molecule has 0 radical (unpaired) electrons. The molecule has 1 aromatic rings. The number of allylic oxidation sites excluding steroid dienone is 8. The highest BCUT2D eigenvalue weighted by atomic mass is 35.5. The Hall–Kier alpha value is -1.73. The van der Waals surface area contributed by atoms with Gasteiger partial charge in [0.05, 0.1) is 0 Å². The molecule has 2 heteroatoms. The maximum atomic E-state index is 5.61. The van der Waals surface area contributed by atoms with E-state index in [-0.39, 0.29) is 0 Å². The third-order valence-electron chi connectivity index (χ3n) is 3.32. The minimum atomic E-state index is 0.733. The van der Waals surface area contributed by atoms with Crippen LogP contribution in [0.15, 0.2) is 54.7 Å². The number of hydrogen-bond acceptors (Lipinski definition) is 1. The minimum Gasteiger partial charge on any atom is -0.385 e. The molecule has 0 amide bonds. The predicted molar refractivity (Wildman–Crippen MR) is 76.4 cm³/mol. The van der Waals surface area contributed by atoms with Crippen molar-refractivity contribution >= 4 is 23.0 Å². The average Bonchev–Trinajstić information content (AvgIpc) is 3.10. The van der Waals surface area contributed by atoms with Crippen molar-refractivity contribution in [3.05, 3.63) is 65.8 Å². The van der Waals surface area contributed by atoms with Crippen LogP contribution in [-0.4, -0.2) is 0 Å². The summed E-state index contributed by atoms with van der Waals surface area (Å²) in [7, 11) is 0. The van der Waals surface area contributed by atoms with Crippen LogP contribution in [0.2, 0.25) is 0 Å². The monoisotopic (exact) mass is 256 g/mol. The Morgan fingerprint density at radius 3 is 2.28 bits per heavy atom. The lowest BCUT2D eigenvalue weighted by molar-refractivity contribution is 0.616. The molecule has 0 unspecified atom stereocenters. The Labute approximate surface area is 112 Å². The van der Waals surface area contributed by atoms with Crippen molar-refractivity contribution in [2.45, 2.75) is 12.8 Å². The highest BCUT2D eigenvalue weighted by Crippen LogP contribution is 2.39. The van der Waals surface area contributed by atoms with Gasteiger partial charge in [0, 0.05) is 5.56 Å². The van der Waals surface area contributed by atoms with Crippen LogP contribution in [0.1, 0.15) is 24.0 Å². The molecule has 2 aliphatic rings. The standard InChI is InChI=1S/C16H13ClO/c17-18-15-11-5-10-14(12-6-1-2-7-12)16(15)13-8-3-4-9-13/h1-6,8,10-11H,7,9H2. The second-order valence-corrected chi connectivity index (χ2v) is 4.56. The Morgan fingerprint density at radius 1 is 0.944 bits per heavy atom. The fourth-order valence-electron chi connectivity index (χ4n) is 2.47. The second-order valence-electron chi connectivity index (χ2n) is 4.40. The Bertz CT molecular complexity index is 591. The van der Waals surface area contributed by atoms with E-state index in [1.54, 1.807) is 0 Å². The number of benzene rings is 1. The summed E-state index contributed by atoms with van der Waals surface area (Å²) in [6, 6.07) is 6.03. The van der Waals surface area contributed by atoms with Gasteiger partial charge in [-0.25, -0.2) is 0 Å². The summed E-state index contributed by atoms with van der Waals surface area (Å²) in [5, 5.41) is 0. The van der Waals surface area contributed by atoms with Crippen LogP contribution in [0.4, 0.5) is 0 Å². The van der Waals surface area contributed by atoms with Gasteiger partial charge in [0.25, 0.3) is 0 Å². The van der Waals surface area contributed by atoms with Gasteiger partial charge in [-0.05, 0) is 35.6 Å². The van der Waals surface area contributed by atoms with E-state index < -0.39 is 0 Å². The zero-order valence-corrected chi connectivity index (χ0v) is 10.7. The van der Waals surface area contributed by atoms with Gasteiger partial charge in [0.15, 0.2) is 5.75 Å². The molecule has 0 aromatic heterocycles. The maximum absolute atomic E-state index is 5.61. The van der Waals surface area contributed by atoms with Gasteiger partial charge in [-0.15, -0.1) is 0 Å². The molecular formula is C16H13ClO. The van der Waals surface area contributed by atoms with Crippen molar-refractivity contribution in [1.29, 1.82) is 0 Å². The first-order valence-electron chi connectivity index (χ1n) is 6.04. The number of rotatable bonds is 3. The molecule has 0 aliphatic heterocycles. The van der Waals surface area contributed by atoms with Gasteiger partial charge in [0.1, 0.15) is 11.9 Å². The van der Waals surface area contributed by atoms with Gasteiger partial charge >= 0.3 is 0 Å². The fourth-order valence-corrected chi connectivity index (χ4v) is 2.60. The topological polar surface area (TPSA) is 9.23 Å².